The van der Waals surface area contributed by atoms with Gasteiger partial charge >= 0.3 is 0 Å². The normalized spacial score (nSPS) is 21.4. The van der Waals surface area contributed by atoms with Crippen LogP contribution in [-0.2, 0) is 4.79 Å². The molecule has 3 aromatic rings. The molecule has 3 aromatic heterocycles. The average Bonchev–Trinajstić information content (AvgIpc) is 3.20. The van der Waals surface area contributed by atoms with Crippen LogP contribution < -0.4 is 0 Å². The second-order valence-electron chi connectivity index (χ2n) is 7.29. The first-order valence-electron chi connectivity index (χ1n) is 9.07. The van der Waals surface area contributed by atoms with Crippen molar-refractivity contribution < 1.29 is 4.79 Å². The van der Waals surface area contributed by atoms with Crippen LogP contribution in [0.1, 0.15) is 24.6 Å². The molecular weight excluding hydrogens is 346 g/mol. The predicted octanol–water partition coefficient (Wildman–Crippen LogP) is 2.68. The van der Waals surface area contributed by atoms with E-state index in [1.807, 2.05) is 15.6 Å². The van der Waals surface area contributed by atoms with Crippen LogP contribution >= 0.6 is 11.3 Å². The summed E-state index contributed by atoms with van der Waals surface area (Å²) in [6.07, 6.45) is 4.14. The molecule has 0 radical (unpaired) electrons. The summed E-state index contributed by atoms with van der Waals surface area (Å²) in [6.45, 7) is 2.38. The van der Waals surface area contributed by atoms with Crippen molar-refractivity contribution in [3.8, 4) is 11.1 Å². The van der Waals surface area contributed by atoms with Crippen molar-refractivity contribution in [2.45, 2.75) is 18.9 Å². The molecule has 2 fully saturated rings. The minimum absolute atomic E-state index is 0.0935. The number of thiophene rings is 1. The third-order valence-electron chi connectivity index (χ3n) is 5.50. The van der Waals surface area contributed by atoms with Crippen LogP contribution in [0.5, 0.6) is 0 Å². The van der Waals surface area contributed by atoms with Gasteiger partial charge in [0, 0.05) is 37.3 Å². The topological polar surface area (TPSA) is 53.7 Å². The number of amides is 1. The van der Waals surface area contributed by atoms with Crippen molar-refractivity contribution >= 4 is 22.8 Å². The van der Waals surface area contributed by atoms with Crippen LogP contribution in [0.2, 0.25) is 0 Å². The van der Waals surface area contributed by atoms with Gasteiger partial charge in [0.05, 0.1) is 11.6 Å². The first-order chi connectivity index (χ1) is 12.7. The van der Waals surface area contributed by atoms with Crippen LogP contribution in [0.3, 0.4) is 0 Å². The Kier molecular flexibility index (Phi) is 3.79. The highest BCUT2D eigenvalue weighted by Crippen LogP contribution is 2.34. The number of piperazine rings is 1. The molecule has 0 bridgehead atoms. The summed E-state index contributed by atoms with van der Waals surface area (Å²) in [7, 11) is 2.11. The standard InChI is InChI=1S/C19H21N5OS/c1-22-7-8-23(19(25)13-2-3-13)11-17(22)18-16-5-4-14(10-24(16)21-20-18)15-6-9-26-12-15/h4-6,9-10,12-13,17H,2-3,7-8,11H2,1H3. The number of carbonyl (C=O) groups excluding carboxylic acids is 1. The molecule has 26 heavy (non-hydrogen) atoms. The van der Waals surface area contributed by atoms with E-state index in [1.54, 1.807) is 11.3 Å². The number of nitrogens with zero attached hydrogens (tertiary/aromatic N) is 5. The molecule has 0 spiro atoms. The van der Waals surface area contributed by atoms with Crippen LogP contribution in [0.25, 0.3) is 16.6 Å². The monoisotopic (exact) mass is 367 g/mol. The zero-order valence-corrected chi connectivity index (χ0v) is 15.5. The molecule has 2 aliphatic rings. The highest BCUT2D eigenvalue weighted by atomic mass is 32.1. The van der Waals surface area contributed by atoms with E-state index in [9.17, 15) is 4.79 Å². The first-order valence-corrected chi connectivity index (χ1v) is 10.0. The van der Waals surface area contributed by atoms with Crippen LogP contribution in [0.4, 0.5) is 0 Å². The molecule has 1 saturated carbocycles. The lowest BCUT2D eigenvalue weighted by Gasteiger charge is -2.38. The Morgan fingerprint density at radius 2 is 2.08 bits per heavy atom. The van der Waals surface area contributed by atoms with Crippen LogP contribution in [0, 0.1) is 5.92 Å². The first kappa shape index (κ1) is 16.0. The van der Waals surface area contributed by atoms with Crippen molar-refractivity contribution in [1.82, 2.24) is 24.6 Å². The molecule has 1 amide bonds. The third kappa shape index (κ3) is 2.71. The molecule has 1 aliphatic heterocycles. The van der Waals surface area contributed by atoms with Gasteiger partial charge in [-0.1, -0.05) is 11.3 Å². The molecule has 1 unspecified atom stereocenters. The highest BCUT2D eigenvalue weighted by molar-refractivity contribution is 7.08. The molecular formula is C19H21N5OS. The Hall–Kier alpha value is -2.25. The Morgan fingerprint density at radius 3 is 2.85 bits per heavy atom. The van der Waals surface area contributed by atoms with E-state index in [4.69, 9.17) is 0 Å². The number of carbonyl (C=O) groups is 1. The molecule has 6 nitrogen and oxygen atoms in total. The maximum Gasteiger partial charge on any atom is 0.225 e. The van der Waals surface area contributed by atoms with Gasteiger partial charge in [0.2, 0.25) is 5.91 Å². The second-order valence-corrected chi connectivity index (χ2v) is 8.07. The number of hydrogen-bond acceptors (Lipinski definition) is 5. The zero-order chi connectivity index (χ0) is 17.7. The van der Waals surface area contributed by atoms with Crippen molar-refractivity contribution in [3.05, 3.63) is 40.8 Å². The summed E-state index contributed by atoms with van der Waals surface area (Å²) >= 11 is 1.69. The maximum absolute atomic E-state index is 12.5. The van der Waals surface area contributed by atoms with Crippen molar-refractivity contribution in [2.75, 3.05) is 26.7 Å². The van der Waals surface area contributed by atoms with Crippen molar-refractivity contribution in [1.29, 1.82) is 0 Å². The van der Waals surface area contributed by atoms with E-state index < -0.39 is 0 Å². The molecule has 5 rings (SSSR count). The summed E-state index contributed by atoms with van der Waals surface area (Å²) in [5, 5.41) is 13.1. The average molecular weight is 367 g/mol. The number of hydrogen-bond donors (Lipinski definition) is 0. The van der Waals surface area contributed by atoms with Crippen LogP contribution in [0.15, 0.2) is 35.2 Å². The van der Waals surface area contributed by atoms with Gasteiger partial charge in [-0.2, -0.15) is 11.3 Å². The summed E-state index contributed by atoms with van der Waals surface area (Å²) in [5.74, 6) is 0.586. The molecule has 134 valence electrons. The number of fused-ring (bicyclic) bond motifs is 1. The molecule has 1 atom stereocenters. The number of aromatic nitrogens is 3. The van der Waals surface area contributed by atoms with Gasteiger partial charge in [-0.25, -0.2) is 4.52 Å². The highest BCUT2D eigenvalue weighted by Gasteiger charge is 2.37. The van der Waals surface area contributed by atoms with Gasteiger partial charge in [-0.3, -0.25) is 9.69 Å². The SMILES string of the molecule is CN1CCN(C(=O)C2CC2)CC1c1nnn2cc(-c3ccsc3)ccc12. The minimum Gasteiger partial charge on any atom is -0.339 e. The number of rotatable bonds is 3. The minimum atomic E-state index is 0.0935. The van der Waals surface area contributed by atoms with E-state index in [-0.39, 0.29) is 12.0 Å². The lowest BCUT2D eigenvalue weighted by Crippen LogP contribution is -2.49. The summed E-state index contributed by atoms with van der Waals surface area (Å²) in [6, 6.07) is 6.42. The molecule has 0 aromatic carbocycles. The fourth-order valence-corrected chi connectivity index (χ4v) is 4.37. The Labute approximate surface area is 156 Å². The Morgan fingerprint density at radius 1 is 1.19 bits per heavy atom. The maximum atomic E-state index is 12.5. The van der Waals surface area contributed by atoms with Gasteiger partial charge in [0.1, 0.15) is 5.69 Å². The lowest BCUT2D eigenvalue weighted by atomic mass is 10.1. The smallest absolute Gasteiger partial charge is 0.225 e. The number of pyridine rings is 1. The zero-order valence-electron chi connectivity index (χ0n) is 14.7. The molecule has 0 N–H and O–H groups in total. The molecule has 1 aliphatic carbocycles. The molecule has 7 heteroatoms. The van der Waals surface area contributed by atoms with Crippen LogP contribution in [-0.4, -0.2) is 57.2 Å². The summed E-state index contributed by atoms with van der Waals surface area (Å²) in [5.41, 5.74) is 4.31. The van der Waals surface area contributed by atoms with Gasteiger partial charge in [0.25, 0.3) is 0 Å². The van der Waals surface area contributed by atoms with E-state index >= 15 is 0 Å². The summed E-state index contributed by atoms with van der Waals surface area (Å²) in [4.78, 5) is 16.8. The van der Waals surface area contributed by atoms with E-state index in [0.29, 0.717) is 12.5 Å². The predicted molar refractivity (Wildman–Crippen MR) is 101 cm³/mol. The number of likely N-dealkylation sites (N-methyl/N-ethyl adjacent to an activating group) is 1. The van der Waals surface area contributed by atoms with E-state index in [0.717, 1.165) is 42.7 Å². The summed E-state index contributed by atoms with van der Waals surface area (Å²) < 4.78 is 1.86. The fraction of sp³-hybridized carbons (Fsp3) is 0.421. The van der Waals surface area contributed by atoms with Gasteiger partial charge < -0.3 is 4.90 Å². The second kappa shape index (κ2) is 6.17. The van der Waals surface area contributed by atoms with E-state index in [2.05, 4.69) is 51.2 Å². The van der Waals surface area contributed by atoms with Crippen molar-refractivity contribution in [2.24, 2.45) is 5.92 Å². The largest absolute Gasteiger partial charge is 0.339 e. The van der Waals surface area contributed by atoms with Crippen molar-refractivity contribution in [3.63, 3.8) is 0 Å². The quantitative estimate of drug-likeness (QED) is 0.714. The molecule has 1 saturated heterocycles. The van der Waals surface area contributed by atoms with Gasteiger partial charge in [0.15, 0.2) is 0 Å². The third-order valence-corrected chi connectivity index (χ3v) is 6.18. The lowest BCUT2D eigenvalue weighted by molar-refractivity contribution is -0.135. The molecule has 4 heterocycles. The Balaban J connectivity index is 1.46. The fourth-order valence-electron chi connectivity index (χ4n) is 3.71. The van der Waals surface area contributed by atoms with Gasteiger partial charge in [-0.15, -0.1) is 5.10 Å². The van der Waals surface area contributed by atoms with E-state index in [1.165, 1.54) is 5.56 Å². The van der Waals surface area contributed by atoms with Gasteiger partial charge in [-0.05, 0) is 48.3 Å². The Bertz CT molecular complexity index is 946.